The standard InChI is InChI=1S/C11H16FN3O/c1-13-5-3-7-15(2)11(16)9-4-6-14-8-10(9)12/h4,6,8,13H,3,5,7H2,1-2H3. The van der Waals surface area contributed by atoms with Gasteiger partial charge in [0.2, 0.25) is 0 Å². The Kier molecular flexibility index (Phi) is 4.85. The van der Waals surface area contributed by atoms with E-state index < -0.39 is 5.82 Å². The van der Waals surface area contributed by atoms with Crippen LogP contribution in [-0.4, -0.2) is 43.0 Å². The van der Waals surface area contributed by atoms with Crippen LogP contribution in [0.1, 0.15) is 16.8 Å². The van der Waals surface area contributed by atoms with Crippen LogP contribution in [0.5, 0.6) is 0 Å². The Bertz CT molecular complexity index is 357. The number of nitrogens with zero attached hydrogens (tertiary/aromatic N) is 2. The van der Waals surface area contributed by atoms with Gasteiger partial charge < -0.3 is 10.2 Å². The van der Waals surface area contributed by atoms with E-state index in [1.54, 1.807) is 7.05 Å². The van der Waals surface area contributed by atoms with Crippen molar-refractivity contribution in [1.82, 2.24) is 15.2 Å². The molecule has 0 aliphatic rings. The number of amides is 1. The maximum atomic E-state index is 13.3. The SMILES string of the molecule is CNCCCN(C)C(=O)c1ccncc1F. The van der Waals surface area contributed by atoms with E-state index in [0.29, 0.717) is 6.54 Å². The van der Waals surface area contributed by atoms with Crippen LogP contribution in [0, 0.1) is 5.82 Å². The molecular formula is C11H16FN3O. The first-order valence-corrected chi connectivity index (χ1v) is 5.16. The minimum absolute atomic E-state index is 0.0713. The molecular weight excluding hydrogens is 209 g/mol. The van der Waals surface area contributed by atoms with Crippen LogP contribution in [0.15, 0.2) is 18.5 Å². The third-order valence-corrected chi connectivity index (χ3v) is 2.27. The molecule has 0 radical (unpaired) electrons. The molecule has 0 atom stereocenters. The number of carbonyl (C=O) groups is 1. The second-order valence-corrected chi connectivity index (χ2v) is 3.54. The van der Waals surface area contributed by atoms with Gasteiger partial charge in [0.25, 0.3) is 5.91 Å². The van der Waals surface area contributed by atoms with Crippen molar-refractivity contribution >= 4 is 5.91 Å². The van der Waals surface area contributed by atoms with Crippen LogP contribution < -0.4 is 5.32 Å². The first kappa shape index (κ1) is 12.6. The second kappa shape index (κ2) is 6.17. The fourth-order valence-corrected chi connectivity index (χ4v) is 1.35. The van der Waals surface area contributed by atoms with Crippen molar-refractivity contribution in [2.75, 3.05) is 27.2 Å². The summed E-state index contributed by atoms with van der Waals surface area (Å²) in [6.07, 6.45) is 3.30. The molecule has 16 heavy (non-hydrogen) atoms. The molecule has 5 heteroatoms. The van der Waals surface area contributed by atoms with Crippen molar-refractivity contribution in [3.05, 3.63) is 29.8 Å². The lowest BCUT2D eigenvalue weighted by Crippen LogP contribution is -2.30. The number of carbonyl (C=O) groups excluding carboxylic acids is 1. The van der Waals surface area contributed by atoms with E-state index >= 15 is 0 Å². The summed E-state index contributed by atoms with van der Waals surface area (Å²) in [6, 6.07) is 1.40. The van der Waals surface area contributed by atoms with Gasteiger partial charge in [-0.15, -0.1) is 0 Å². The molecule has 1 heterocycles. The lowest BCUT2D eigenvalue weighted by molar-refractivity contribution is 0.0789. The van der Waals surface area contributed by atoms with Crippen molar-refractivity contribution < 1.29 is 9.18 Å². The smallest absolute Gasteiger partial charge is 0.256 e. The maximum absolute atomic E-state index is 13.3. The monoisotopic (exact) mass is 225 g/mol. The fourth-order valence-electron chi connectivity index (χ4n) is 1.35. The molecule has 4 nitrogen and oxygen atoms in total. The molecule has 1 amide bonds. The van der Waals surface area contributed by atoms with Crippen molar-refractivity contribution in [3.63, 3.8) is 0 Å². The molecule has 1 N–H and O–H groups in total. The first-order valence-electron chi connectivity index (χ1n) is 5.16. The summed E-state index contributed by atoms with van der Waals surface area (Å²) in [5.74, 6) is -0.885. The van der Waals surface area contributed by atoms with Gasteiger partial charge in [0.05, 0.1) is 11.8 Å². The molecule has 0 fully saturated rings. The number of aromatic nitrogens is 1. The predicted molar refractivity (Wildman–Crippen MR) is 59.7 cm³/mol. The highest BCUT2D eigenvalue weighted by atomic mass is 19.1. The lowest BCUT2D eigenvalue weighted by Gasteiger charge is -2.17. The summed E-state index contributed by atoms with van der Waals surface area (Å²) in [4.78, 5) is 16.9. The molecule has 0 aliphatic heterocycles. The van der Waals surface area contributed by atoms with E-state index in [-0.39, 0.29) is 11.5 Å². The summed E-state index contributed by atoms with van der Waals surface area (Å²) >= 11 is 0. The average Bonchev–Trinajstić information content (AvgIpc) is 2.29. The minimum Gasteiger partial charge on any atom is -0.342 e. The van der Waals surface area contributed by atoms with Gasteiger partial charge in [-0.05, 0) is 26.1 Å². The molecule has 1 aromatic rings. The Morgan fingerprint density at radius 3 is 3.00 bits per heavy atom. The summed E-state index contributed by atoms with van der Waals surface area (Å²) in [7, 11) is 3.52. The molecule has 1 rings (SSSR count). The number of pyridine rings is 1. The number of nitrogens with one attached hydrogen (secondary N) is 1. The van der Waals surface area contributed by atoms with Crippen molar-refractivity contribution in [3.8, 4) is 0 Å². The average molecular weight is 225 g/mol. The maximum Gasteiger partial charge on any atom is 0.256 e. The molecule has 88 valence electrons. The Balaban J connectivity index is 2.60. The molecule has 0 unspecified atom stereocenters. The molecule has 0 aliphatic carbocycles. The van der Waals surface area contributed by atoms with Crippen LogP contribution in [0.25, 0.3) is 0 Å². The van der Waals surface area contributed by atoms with E-state index in [9.17, 15) is 9.18 Å². The topological polar surface area (TPSA) is 45.2 Å². The van der Waals surface area contributed by atoms with Crippen LogP contribution >= 0.6 is 0 Å². The van der Waals surface area contributed by atoms with Gasteiger partial charge >= 0.3 is 0 Å². The number of halogens is 1. The van der Waals surface area contributed by atoms with Gasteiger partial charge in [-0.25, -0.2) is 4.39 Å². The number of rotatable bonds is 5. The van der Waals surface area contributed by atoms with E-state index in [4.69, 9.17) is 0 Å². The zero-order chi connectivity index (χ0) is 12.0. The second-order valence-electron chi connectivity index (χ2n) is 3.54. The Labute approximate surface area is 94.5 Å². The molecule has 0 saturated heterocycles. The fraction of sp³-hybridized carbons (Fsp3) is 0.455. The molecule has 0 bridgehead atoms. The van der Waals surface area contributed by atoms with Crippen LogP contribution in [-0.2, 0) is 0 Å². The highest BCUT2D eigenvalue weighted by molar-refractivity contribution is 5.94. The zero-order valence-corrected chi connectivity index (χ0v) is 9.53. The quantitative estimate of drug-likeness (QED) is 0.757. The lowest BCUT2D eigenvalue weighted by atomic mass is 10.2. The van der Waals surface area contributed by atoms with Crippen LogP contribution in [0.4, 0.5) is 4.39 Å². The van der Waals surface area contributed by atoms with Gasteiger partial charge in [0.1, 0.15) is 0 Å². The van der Waals surface area contributed by atoms with Gasteiger partial charge in [-0.3, -0.25) is 9.78 Å². The summed E-state index contributed by atoms with van der Waals surface area (Å²) < 4.78 is 13.3. The van der Waals surface area contributed by atoms with E-state index in [2.05, 4.69) is 10.3 Å². The largest absolute Gasteiger partial charge is 0.342 e. The molecule has 0 aromatic carbocycles. The van der Waals surface area contributed by atoms with Crippen LogP contribution in [0.2, 0.25) is 0 Å². The van der Waals surface area contributed by atoms with Gasteiger partial charge in [-0.1, -0.05) is 0 Å². The highest BCUT2D eigenvalue weighted by Crippen LogP contribution is 2.07. The number of hydrogen-bond donors (Lipinski definition) is 1. The highest BCUT2D eigenvalue weighted by Gasteiger charge is 2.15. The summed E-state index contributed by atoms with van der Waals surface area (Å²) in [5.41, 5.74) is 0.0713. The molecule has 1 aromatic heterocycles. The number of hydrogen-bond acceptors (Lipinski definition) is 3. The van der Waals surface area contributed by atoms with E-state index in [1.807, 2.05) is 7.05 Å². The Morgan fingerprint density at radius 1 is 1.62 bits per heavy atom. The third kappa shape index (κ3) is 3.27. The molecule has 0 saturated carbocycles. The van der Waals surface area contributed by atoms with E-state index in [0.717, 1.165) is 19.2 Å². The predicted octanol–water partition coefficient (Wildman–Crippen LogP) is 0.902. The summed E-state index contributed by atoms with van der Waals surface area (Å²) in [5, 5.41) is 2.99. The normalized spacial score (nSPS) is 10.2. The minimum atomic E-state index is -0.576. The Hall–Kier alpha value is -1.49. The molecule has 0 spiro atoms. The van der Waals surface area contributed by atoms with Crippen LogP contribution in [0.3, 0.4) is 0 Å². The summed E-state index contributed by atoms with van der Waals surface area (Å²) in [6.45, 7) is 1.43. The first-order chi connectivity index (χ1) is 7.66. The van der Waals surface area contributed by atoms with Crippen molar-refractivity contribution in [2.45, 2.75) is 6.42 Å². The Morgan fingerprint density at radius 2 is 2.38 bits per heavy atom. The van der Waals surface area contributed by atoms with Crippen molar-refractivity contribution in [2.24, 2.45) is 0 Å². The zero-order valence-electron chi connectivity index (χ0n) is 9.53. The van der Waals surface area contributed by atoms with Gasteiger partial charge in [-0.2, -0.15) is 0 Å². The van der Waals surface area contributed by atoms with Crippen molar-refractivity contribution in [1.29, 1.82) is 0 Å². The van der Waals surface area contributed by atoms with Gasteiger partial charge in [0, 0.05) is 19.8 Å². The third-order valence-electron chi connectivity index (χ3n) is 2.27. The van der Waals surface area contributed by atoms with Gasteiger partial charge in [0.15, 0.2) is 5.82 Å². The van der Waals surface area contributed by atoms with E-state index in [1.165, 1.54) is 17.2 Å².